The molecule has 0 bridgehead atoms. The van der Waals surface area contributed by atoms with Gasteiger partial charge in [-0.05, 0) is 31.9 Å². The van der Waals surface area contributed by atoms with Gasteiger partial charge < -0.3 is 14.5 Å². The van der Waals surface area contributed by atoms with Crippen molar-refractivity contribution < 1.29 is 9.15 Å². The molecule has 0 radical (unpaired) electrons. The number of nitrogens with one attached hydrogen (secondary N) is 1. The molecule has 0 saturated carbocycles. The molecule has 20 heavy (non-hydrogen) atoms. The first kappa shape index (κ1) is 13.3. The van der Waals surface area contributed by atoms with Crippen molar-refractivity contribution in [1.82, 2.24) is 15.5 Å². The molecule has 5 heteroatoms. The van der Waals surface area contributed by atoms with Gasteiger partial charge in [0, 0.05) is 6.61 Å². The summed E-state index contributed by atoms with van der Waals surface area (Å²) in [5.74, 6) is 1.18. The van der Waals surface area contributed by atoms with Gasteiger partial charge in [-0.3, -0.25) is 0 Å². The number of rotatable bonds is 4. The minimum Gasteiger partial charge on any atom is -0.420 e. The third-order valence-electron chi connectivity index (χ3n) is 3.58. The van der Waals surface area contributed by atoms with Crippen LogP contribution in [0.1, 0.15) is 48.8 Å². The molecule has 1 N–H and O–H groups in total. The molecule has 1 saturated heterocycles. The first-order valence-corrected chi connectivity index (χ1v) is 7.05. The van der Waals surface area contributed by atoms with Crippen LogP contribution in [0.15, 0.2) is 34.7 Å². The summed E-state index contributed by atoms with van der Waals surface area (Å²) in [7, 11) is 1.89. The molecule has 0 aliphatic carbocycles. The zero-order valence-electron chi connectivity index (χ0n) is 11.6. The Labute approximate surface area is 118 Å². The highest BCUT2D eigenvalue weighted by molar-refractivity contribution is 5.23. The predicted octanol–water partition coefficient (Wildman–Crippen LogP) is 2.62. The topological polar surface area (TPSA) is 60.2 Å². The van der Waals surface area contributed by atoms with Gasteiger partial charge in [-0.1, -0.05) is 30.3 Å². The lowest BCUT2D eigenvalue weighted by Gasteiger charge is -2.19. The van der Waals surface area contributed by atoms with Crippen LogP contribution in [0.2, 0.25) is 0 Å². The van der Waals surface area contributed by atoms with E-state index in [0.29, 0.717) is 11.8 Å². The maximum atomic E-state index is 5.82. The molecule has 2 heterocycles. The number of ether oxygens (including phenoxy) is 1. The van der Waals surface area contributed by atoms with E-state index in [1.54, 1.807) is 0 Å². The number of aromatic nitrogens is 2. The van der Waals surface area contributed by atoms with Gasteiger partial charge in [-0.2, -0.15) is 0 Å². The normalized spacial score (nSPS) is 20.8. The van der Waals surface area contributed by atoms with E-state index in [1.807, 2.05) is 37.4 Å². The maximum Gasteiger partial charge on any atom is 0.245 e. The third-order valence-corrected chi connectivity index (χ3v) is 3.58. The molecule has 106 valence electrons. The van der Waals surface area contributed by atoms with E-state index in [0.717, 1.165) is 31.4 Å². The Hall–Kier alpha value is -1.72. The van der Waals surface area contributed by atoms with Gasteiger partial charge in [0.25, 0.3) is 0 Å². The van der Waals surface area contributed by atoms with Crippen LogP contribution in [0.5, 0.6) is 0 Å². The van der Waals surface area contributed by atoms with Crippen LogP contribution in [0.4, 0.5) is 0 Å². The first-order chi connectivity index (χ1) is 9.88. The zero-order valence-corrected chi connectivity index (χ0v) is 11.6. The van der Waals surface area contributed by atoms with Gasteiger partial charge in [-0.15, -0.1) is 10.2 Å². The Morgan fingerprint density at radius 2 is 2.05 bits per heavy atom. The standard InChI is InChI=1S/C15H19N3O2/c1-16-13(11-7-3-2-4-8-11)15-18-17-14(20-15)12-9-5-6-10-19-12/h2-4,7-8,12-13,16H,5-6,9-10H2,1H3. The van der Waals surface area contributed by atoms with E-state index in [-0.39, 0.29) is 12.1 Å². The fourth-order valence-corrected chi connectivity index (χ4v) is 2.51. The molecule has 0 spiro atoms. The van der Waals surface area contributed by atoms with Gasteiger partial charge in [0.05, 0.1) is 0 Å². The van der Waals surface area contributed by atoms with Crippen LogP contribution < -0.4 is 5.32 Å². The highest BCUT2D eigenvalue weighted by Gasteiger charge is 2.25. The van der Waals surface area contributed by atoms with Gasteiger partial charge in [0.2, 0.25) is 11.8 Å². The number of hydrogen-bond donors (Lipinski definition) is 1. The summed E-state index contributed by atoms with van der Waals surface area (Å²) >= 11 is 0. The average Bonchev–Trinajstić information content (AvgIpc) is 3.00. The molecule has 0 amide bonds. The second-order valence-electron chi connectivity index (χ2n) is 4.97. The van der Waals surface area contributed by atoms with Crippen molar-refractivity contribution >= 4 is 0 Å². The second kappa shape index (κ2) is 6.15. The lowest BCUT2D eigenvalue weighted by Crippen LogP contribution is -2.18. The lowest BCUT2D eigenvalue weighted by atomic mass is 10.1. The van der Waals surface area contributed by atoms with Crippen LogP contribution in [-0.2, 0) is 4.74 Å². The molecule has 5 nitrogen and oxygen atoms in total. The monoisotopic (exact) mass is 273 g/mol. The molecule has 2 unspecified atom stereocenters. The van der Waals surface area contributed by atoms with E-state index in [4.69, 9.17) is 9.15 Å². The van der Waals surface area contributed by atoms with Crippen LogP contribution in [-0.4, -0.2) is 23.9 Å². The van der Waals surface area contributed by atoms with Gasteiger partial charge in [0.1, 0.15) is 12.1 Å². The summed E-state index contributed by atoms with van der Waals surface area (Å²) in [5.41, 5.74) is 1.11. The summed E-state index contributed by atoms with van der Waals surface area (Å²) in [5, 5.41) is 11.5. The lowest BCUT2D eigenvalue weighted by molar-refractivity contribution is -0.00227. The van der Waals surface area contributed by atoms with E-state index in [2.05, 4.69) is 15.5 Å². The van der Waals surface area contributed by atoms with Crippen LogP contribution in [0.3, 0.4) is 0 Å². The van der Waals surface area contributed by atoms with Crippen LogP contribution in [0, 0.1) is 0 Å². The number of hydrogen-bond acceptors (Lipinski definition) is 5. The van der Waals surface area contributed by atoms with Crippen LogP contribution >= 0.6 is 0 Å². The number of nitrogens with zero attached hydrogens (tertiary/aromatic N) is 2. The smallest absolute Gasteiger partial charge is 0.245 e. The second-order valence-corrected chi connectivity index (χ2v) is 4.97. The van der Waals surface area contributed by atoms with E-state index < -0.39 is 0 Å². The Kier molecular flexibility index (Phi) is 4.08. The Morgan fingerprint density at radius 3 is 2.75 bits per heavy atom. The van der Waals surface area contributed by atoms with Crippen molar-refractivity contribution in [2.75, 3.05) is 13.7 Å². The fourth-order valence-electron chi connectivity index (χ4n) is 2.51. The highest BCUT2D eigenvalue weighted by Crippen LogP contribution is 2.29. The largest absolute Gasteiger partial charge is 0.420 e. The molecule has 1 aliphatic rings. The fraction of sp³-hybridized carbons (Fsp3) is 0.467. The summed E-state index contributed by atoms with van der Waals surface area (Å²) in [6, 6.07) is 10.00. The molecule has 3 rings (SSSR count). The third kappa shape index (κ3) is 2.73. The number of benzene rings is 1. The van der Waals surface area contributed by atoms with Crippen molar-refractivity contribution in [3.63, 3.8) is 0 Å². The predicted molar refractivity (Wildman–Crippen MR) is 74.2 cm³/mol. The maximum absolute atomic E-state index is 5.82. The molecule has 1 aromatic carbocycles. The molecular weight excluding hydrogens is 254 g/mol. The van der Waals surface area contributed by atoms with Crippen molar-refractivity contribution in [3.05, 3.63) is 47.7 Å². The van der Waals surface area contributed by atoms with Crippen molar-refractivity contribution in [2.45, 2.75) is 31.4 Å². The van der Waals surface area contributed by atoms with Crippen molar-refractivity contribution in [1.29, 1.82) is 0 Å². The average molecular weight is 273 g/mol. The van der Waals surface area contributed by atoms with Gasteiger partial charge in [-0.25, -0.2) is 0 Å². The van der Waals surface area contributed by atoms with Crippen molar-refractivity contribution in [3.8, 4) is 0 Å². The minimum atomic E-state index is -0.0824. The van der Waals surface area contributed by atoms with E-state index in [1.165, 1.54) is 0 Å². The summed E-state index contributed by atoms with van der Waals surface area (Å²) in [4.78, 5) is 0. The van der Waals surface area contributed by atoms with Gasteiger partial charge >= 0.3 is 0 Å². The summed E-state index contributed by atoms with van der Waals surface area (Å²) in [6.07, 6.45) is 3.17. The first-order valence-electron chi connectivity index (χ1n) is 7.05. The molecule has 1 aliphatic heterocycles. The van der Waals surface area contributed by atoms with Crippen LogP contribution in [0.25, 0.3) is 0 Å². The summed E-state index contributed by atoms with van der Waals surface area (Å²) < 4.78 is 11.5. The zero-order chi connectivity index (χ0) is 13.8. The minimum absolute atomic E-state index is 0.0433. The Bertz CT molecular complexity index is 535. The molecule has 2 atom stereocenters. The molecular formula is C15H19N3O2. The highest BCUT2D eigenvalue weighted by atomic mass is 16.5. The molecule has 2 aromatic rings. The SMILES string of the molecule is CNC(c1ccccc1)c1nnc(C2CCCCO2)o1. The molecule has 1 aromatic heterocycles. The Balaban J connectivity index is 1.81. The van der Waals surface area contributed by atoms with Crippen molar-refractivity contribution in [2.24, 2.45) is 0 Å². The van der Waals surface area contributed by atoms with E-state index in [9.17, 15) is 0 Å². The molecule has 1 fully saturated rings. The van der Waals surface area contributed by atoms with E-state index >= 15 is 0 Å². The summed E-state index contributed by atoms with van der Waals surface area (Å²) in [6.45, 7) is 0.774. The Morgan fingerprint density at radius 1 is 1.20 bits per heavy atom. The quantitative estimate of drug-likeness (QED) is 0.928. The van der Waals surface area contributed by atoms with Gasteiger partial charge in [0.15, 0.2) is 0 Å².